The van der Waals surface area contributed by atoms with Gasteiger partial charge in [0.2, 0.25) is 0 Å². The number of carbonyl (C=O) groups excluding carboxylic acids is 2. The summed E-state index contributed by atoms with van der Waals surface area (Å²) in [4.78, 5) is 29.7. The number of benzene rings is 4. The number of ether oxygens (including phenoxy) is 3. The van der Waals surface area contributed by atoms with Crippen molar-refractivity contribution in [3.05, 3.63) is 108 Å². The summed E-state index contributed by atoms with van der Waals surface area (Å²) in [6, 6.07) is 20.9. The minimum Gasteiger partial charge on any atom is -0.497 e. The highest BCUT2D eigenvalue weighted by atomic mass is 79.9. The molecule has 2 N–H and O–H groups in total. The fourth-order valence-electron chi connectivity index (χ4n) is 4.41. The molecule has 0 bridgehead atoms. The third-order valence-corrected chi connectivity index (χ3v) is 8.40. The first-order valence-corrected chi connectivity index (χ1v) is 15.3. The largest absolute Gasteiger partial charge is 0.497 e. The van der Waals surface area contributed by atoms with Crippen molar-refractivity contribution in [1.82, 2.24) is 10.4 Å². The molecule has 5 aromatic rings. The van der Waals surface area contributed by atoms with Crippen molar-refractivity contribution in [2.24, 2.45) is 5.10 Å². The van der Waals surface area contributed by atoms with Crippen LogP contribution in [-0.2, 0) is 0 Å². The van der Waals surface area contributed by atoms with E-state index in [1.165, 1.54) is 13.3 Å². The van der Waals surface area contributed by atoms with Gasteiger partial charge in [0.1, 0.15) is 17.2 Å². The molecule has 8 nitrogen and oxygen atoms in total. The number of fused-ring (bicyclic) bond motifs is 1. The maximum absolute atomic E-state index is 13.6. The highest BCUT2D eigenvalue weighted by Gasteiger charge is 2.24. The molecule has 1 heterocycles. The van der Waals surface area contributed by atoms with Crippen molar-refractivity contribution >= 4 is 88.4 Å². The van der Waals surface area contributed by atoms with Gasteiger partial charge in [-0.3, -0.25) is 4.79 Å². The molecular weight excluding hydrogens is 770 g/mol. The Labute approximate surface area is 276 Å². The maximum Gasteiger partial charge on any atom is 0.343 e. The number of hydrazone groups is 1. The number of aromatic amines is 1. The molecule has 4 aromatic carbocycles. The lowest BCUT2D eigenvalue weighted by atomic mass is 10.0. The normalized spacial score (nSPS) is 11.1. The van der Waals surface area contributed by atoms with Gasteiger partial charge in [0.25, 0.3) is 5.91 Å². The summed E-state index contributed by atoms with van der Waals surface area (Å²) in [6.45, 7) is 0. The molecule has 43 heavy (non-hydrogen) atoms. The van der Waals surface area contributed by atoms with E-state index >= 15 is 0 Å². The average Bonchev–Trinajstić information content (AvgIpc) is 3.40. The van der Waals surface area contributed by atoms with Crippen LogP contribution < -0.4 is 19.6 Å². The van der Waals surface area contributed by atoms with Gasteiger partial charge in [0.15, 0.2) is 5.75 Å². The highest BCUT2D eigenvalue weighted by Crippen LogP contribution is 2.43. The molecule has 12 heteroatoms. The van der Waals surface area contributed by atoms with Crippen LogP contribution in [0.1, 0.15) is 26.4 Å². The molecule has 0 aliphatic rings. The Hall–Kier alpha value is -3.64. The molecule has 0 saturated carbocycles. The number of hydrogen-bond donors (Lipinski definition) is 2. The predicted octanol–water partition coefficient (Wildman–Crippen LogP) is 8.78. The van der Waals surface area contributed by atoms with Gasteiger partial charge in [0, 0.05) is 36.0 Å². The number of methoxy groups -OCH3 is 2. The molecule has 0 aliphatic carbocycles. The molecule has 1 aromatic heterocycles. The van der Waals surface area contributed by atoms with E-state index in [1.807, 2.05) is 24.3 Å². The summed E-state index contributed by atoms with van der Waals surface area (Å²) in [5.41, 5.74) is 5.38. The van der Waals surface area contributed by atoms with E-state index in [0.717, 1.165) is 9.86 Å². The molecule has 5 rings (SSSR count). The third kappa shape index (κ3) is 6.50. The van der Waals surface area contributed by atoms with E-state index in [2.05, 4.69) is 63.3 Å². The zero-order valence-corrected chi connectivity index (χ0v) is 28.0. The lowest BCUT2D eigenvalue weighted by Crippen LogP contribution is -2.19. The van der Waals surface area contributed by atoms with Gasteiger partial charge in [-0.15, -0.1) is 0 Å². The number of aromatic nitrogens is 1. The molecule has 218 valence electrons. The standard InChI is InChI=1S/C31H21Br3ClN3O5/c1-41-19-7-5-6-16(13-19)31(40)43-29-17(12-18(32)14-22(29)34)15-36-38-30(39)28-25(20-8-3-4-9-23(20)35)26-21(33)10-11-24(42-2)27(26)37-28/h3-15,37H,1-2H3,(H,38,39). The zero-order chi connectivity index (χ0) is 30.7. The Bertz CT molecular complexity index is 1910. The van der Waals surface area contributed by atoms with E-state index in [0.29, 0.717) is 53.2 Å². The lowest BCUT2D eigenvalue weighted by molar-refractivity contribution is 0.0732. The molecular formula is C31H21Br3ClN3O5. The number of rotatable bonds is 8. The number of esters is 1. The van der Waals surface area contributed by atoms with Crippen molar-refractivity contribution in [3.63, 3.8) is 0 Å². The Balaban J connectivity index is 1.49. The van der Waals surface area contributed by atoms with Crippen molar-refractivity contribution in [2.75, 3.05) is 14.2 Å². The summed E-state index contributed by atoms with van der Waals surface area (Å²) >= 11 is 17.1. The summed E-state index contributed by atoms with van der Waals surface area (Å²) in [5.74, 6) is 0.162. The van der Waals surface area contributed by atoms with Crippen LogP contribution in [0.15, 0.2) is 91.3 Å². The number of halogens is 4. The number of nitrogens with one attached hydrogen (secondary N) is 2. The van der Waals surface area contributed by atoms with Gasteiger partial charge < -0.3 is 19.2 Å². The van der Waals surface area contributed by atoms with Crippen molar-refractivity contribution in [2.45, 2.75) is 0 Å². The van der Waals surface area contributed by atoms with Crippen molar-refractivity contribution in [3.8, 4) is 28.4 Å². The van der Waals surface area contributed by atoms with Gasteiger partial charge in [-0.2, -0.15) is 5.10 Å². The zero-order valence-electron chi connectivity index (χ0n) is 22.5. The monoisotopic (exact) mass is 787 g/mol. The highest BCUT2D eigenvalue weighted by molar-refractivity contribution is 9.11. The second kappa shape index (κ2) is 13.3. The fraction of sp³-hybridized carbons (Fsp3) is 0.0645. The van der Waals surface area contributed by atoms with Crippen LogP contribution in [0.5, 0.6) is 17.2 Å². The van der Waals surface area contributed by atoms with Gasteiger partial charge in [-0.1, -0.05) is 67.7 Å². The summed E-state index contributed by atoms with van der Waals surface area (Å²) in [7, 11) is 3.07. The number of nitrogens with zero attached hydrogens (tertiary/aromatic N) is 1. The topological polar surface area (TPSA) is 102 Å². The molecule has 0 atom stereocenters. The van der Waals surface area contributed by atoms with E-state index in [1.54, 1.807) is 55.6 Å². The molecule has 0 aliphatic heterocycles. The van der Waals surface area contributed by atoms with Gasteiger partial charge in [0.05, 0.1) is 36.0 Å². The first-order valence-electron chi connectivity index (χ1n) is 12.5. The fourth-order valence-corrected chi connectivity index (χ4v) is 6.51. The third-order valence-electron chi connectivity index (χ3n) is 6.36. The lowest BCUT2D eigenvalue weighted by Gasteiger charge is -2.11. The summed E-state index contributed by atoms with van der Waals surface area (Å²) < 4.78 is 18.4. The van der Waals surface area contributed by atoms with Crippen LogP contribution in [0.3, 0.4) is 0 Å². The van der Waals surface area contributed by atoms with Crippen LogP contribution >= 0.6 is 59.4 Å². The molecule has 0 unspecified atom stereocenters. The van der Waals surface area contributed by atoms with Crippen molar-refractivity contribution in [1.29, 1.82) is 0 Å². The van der Waals surface area contributed by atoms with Crippen LogP contribution in [-0.4, -0.2) is 37.3 Å². The average molecular weight is 791 g/mol. The minimum atomic E-state index is -0.595. The molecule has 0 saturated heterocycles. The minimum absolute atomic E-state index is 0.213. The Morgan fingerprint density at radius 2 is 1.72 bits per heavy atom. The first kappa shape index (κ1) is 30.8. The van der Waals surface area contributed by atoms with Crippen LogP contribution in [0, 0.1) is 0 Å². The number of H-pyrrole nitrogens is 1. The quantitative estimate of drug-likeness (QED) is 0.0709. The second-order valence-corrected chi connectivity index (χ2v) is 12.0. The van der Waals surface area contributed by atoms with Crippen LogP contribution in [0.25, 0.3) is 22.0 Å². The van der Waals surface area contributed by atoms with E-state index in [-0.39, 0.29) is 11.4 Å². The van der Waals surface area contributed by atoms with E-state index in [4.69, 9.17) is 25.8 Å². The Kier molecular flexibility index (Phi) is 9.55. The van der Waals surface area contributed by atoms with E-state index in [9.17, 15) is 9.59 Å². The van der Waals surface area contributed by atoms with Crippen LogP contribution in [0.2, 0.25) is 5.02 Å². The van der Waals surface area contributed by atoms with E-state index < -0.39 is 11.9 Å². The number of amides is 1. The second-order valence-electron chi connectivity index (χ2n) is 8.98. The number of carbonyl (C=O) groups is 2. The molecule has 0 spiro atoms. The smallest absolute Gasteiger partial charge is 0.343 e. The van der Waals surface area contributed by atoms with Crippen molar-refractivity contribution < 1.29 is 23.8 Å². The summed E-state index contributed by atoms with van der Waals surface area (Å²) in [5, 5.41) is 5.38. The van der Waals surface area contributed by atoms with Gasteiger partial charge in [-0.25, -0.2) is 10.2 Å². The maximum atomic E-state index is 13.6. The SMILES string of the molecule is COc1cccc(C(=O)Oc2c(Br)cc(Br)cc2C=NNC(=O)c2[nH]c3c(OC)ccc(Br)c3c2-c2ccccc2Cl)c1. The predicted molar refractivity (Wildman–Crippen MR) is 178 cm³/mol. The Morgan fingerprint density at radius 1 is 0.930 bits per heavy atom. The first-order chi connectivity index (χ1) is 20.7. The van der Waals surface area contributed by atoms with Gasteiger partial charge in [-0.05, 0) is 64.5 Å². The molecule has 0 fully saturated rings. The molecule has 1 amide bonds. The Morgan fingerprint density at radius 3 is 2.47 bits per heavy atom. The number of hydrogen-bond acceptors (Lipinski definition) is 6. The molecule has 0 radical (unpaired) electrons. The summed E-state index contributed by atoms with van der Waals surface area (Å²) in [6.07, 6.45) is 1.38. The van der Waals surface area contributed by atoms with Crippen LogP contribution in [0.4, 0.5) is 0 Å². The van der Waals surface area contributed by atoms with Gasteiger partial charge >= 0.3 is 5.97 Å².